The largest absolute Gasteiger partial charge is 0.248 e. The molecule has 20 heavy (non-hydrogen) atoms. The lowest BCUT2D eigenvalue weighted by atomic mass is 10.0. The summed E-state index contributed by atoms with van der Waals surface area (Å²) >= 11 is 0. The average Bonchev–Trinajstić information content (AvgIpc) is 2.43. The number of aryl methyl sites for hydroxylation is 4. The van der Waals surface area contributed by atoms with E-state index >= 15 is 0 Å². The Kier molecular flexibility index (Phi) is 3.06. The lowest BCUT2D eigenvalue weighted by Gasteiger charge is -2.08. The van der Waals surface area contributed by atoms with Crippen LogP contribution in [0.3, 0.4) is 0 Å². The quantitative estimate of drug-likeness (QED) is 0.591. The Morgan fingerprint density at radius 1 is 0.650 bits per heavy atom. The highest BCUT2D eigenvalue weighted by Gasteiger charge is 2.04. The molecule has 0 saturated carbocycles. The van der Waals surface area contributed by atoms with Gasteiger partial charge in [0.2, 0.25) is 0 Å². The Hall–Kier alpha value is -2.15. The van der Waals surface area contributed by atoms with Crippen LogP contribution in [0.1, 0.15) is 22.3 Å². The van der Waals surface area contributed by atoms with Crippen molar-refractivity contribution in [3.63, 3.8) is 0 Å². The van der Waals surface area contributed by atoms with Crippen molar-refractivity contribution in [3.05, 3.63) is 64.7 Å². The van der Waals surface area contributed by atoms with Crippen LogP contribution < -0.4 is 0 Å². The second-order valence-electron chi connectivity index (χ2n) is 5.62. The number of hydrogen-bond acceptors (Lipinski definition) is 1. The number of nitrogens with zero attached hydrogens (tertiary/aromatic N) is 1. The van der Waals surface area contributed by atoms with Gasteiger partial charge >= 0.3 is 0 Å². The minimum Gasteiger partial charge on any atom is -0.248 e. The van der Waals surface area contributed by atoms with E-state index in [2.05, 4.69) is 70.2 Å². The molecular formula is C19H19N. The van der Waals surface area contributed by atoms with Crippen LogP contribution in [0.2, 0.25) is 0 Å². The highest BCUT2D eigenvalue weighted by atomic mass is 14.7. The maximum Gasteiger partial charge on any atom is 0.0712 e. The monoisotopic (exact) mass is 261 g/mol. The molecule has 100 valence electrons. The van der Waals surface area contributed by atoms with Gasteiger partial charge in [-0.3, -0.25) is 0 Å². The van der Waals surface area contributed by atoms with Gasteiger partial charge in [0, 0.05) is 10.9 Å². The maximum atomic E-state index is 4.82. The van der Waals surface area contributed by atoms with Gasteiger partial charge in [-0.25, -0.2) is 4.98 Å². The summed E-state index contributed by atoms with van der Waals surface area (Å²) in [5, 5.41) is 1.21. The van der Waals surface area contributed by atoms with Crippen LogP contribution in [-0.2, 0) is 0 Å². The van der Waals surface area contributed by atoms with Crippen LogP contribution in [0.5, 0.6) is 0 Å². The summed E-state index contributed by atoms with van der Waals surface area (Å²) < 4.78 is 0. The van der Waals surface area contributed by atoms with Crippen molar-refractivity contribution in [2.45, 2.75) is 27.7 Å². The lowest BCUT2D eigenvalue weighted by molar-refractivity contribution is 1.31. The van der Waals surface area contributed by atoms with Crippen molar-refractivity contribution in [2.24, 2.45) is 0 Å². The molecule has 0 saturated heterocycles. The molecule has 1 aromatic heterocycles. The van der Waals surface area contributed by atoms with Crippen molar-refractivity contribution >= 4 is 10.9 Å². The third-order valence-corrected chi connectivity index (χ3v) is 4.11. The molecule has 3 rings (SSSR count). The molecule has 0 aliphatic heterocycles. The third kappa shape index (κ3) is 2.20. The number of aromatic nitrogens is 1. The van der Waals surface area contributed by atoms with E-state index in [0.717, 1.165) is 11.2 Å². The Morgan fingerprint density at radius 2 is 1.35 bits per heavy atom. The Labute approximate surface area is 120 Å². The van der Waals surface area contributed by atoms with Crippen molar-refractivity contribution in [1.82, 2.24) is 4.98 Å². The SMILES string of the molecule is Cc1ccc(-c2ccc3cc(C)c(C)cc3n2)cc1C. The zero-order valence-electron chi connectivity index (χ0n) is 12.5. The number of rotatable bonds is 1. The molecule has 0 unspecified atom stereocenters. The molecule has 0 radical (unpaired) electrons. The third-order valence-electron chi connectivity index (χ3n) is 4.11. The number of pyridine rings is 1. The predicted molar refractivity (Wildman–Crippen MR) is 86.1 cm³/mol. The zero-order chi connectivity index (χ0) is 14.3. The van der Waals surface area contributed by atoms with Gasteiger partial charge in [0.15, 0.2) is 0 Å². The van der Waals surface area contributed by atoms with Gasteiger partial charge in [0.05, 0.1) is 11.2 Å². The van der Waals surface area contributed by atoms with E-state index in [1.54, 1.807) is 0 Å². The highest BCUT2D eigenvalue weighted by Crippen LogP contribution is 2.24. The molecule has 0 aliphatic rings. The molecule has 1 heteroatoms. The first kappa shape index (κ1) is 12.9. The molecule has 0 bridgehead atoms. The fourth-order valence-corrected chi connectivity index (χ4v) is 2.45. The van der Waals surface area contributed by atoms with E-state index in [9.17, 15) is 0 Å². The van der Waals surface area contributed by atoms with Crippen LogP contribution in [0.4, 0.5) is 0 Å². The summed E-state index contributed by atoms with van der Waals surface area (Å²) in [6.45, 7) is 8.57. The maximum absolute atomic E-state index is 4.82. The van der Waals surface area contributed by atoms with E-state index in [1.807, 2.05) is 0 Å². The van der Waals surface area contributed by atoms with Crippen LogP contribution >= 0.6 is 0 Å². The lowest BCUT2D eigenvalue weighted by Crippen LogP contribution is -1.89. The van der Waals surface area contributed by atoms with Gasteiger partial charge < -0.3 is 0 Å². The van der Waals surface area contributed by atoms with E-state index in [-0.39, 0.29) is 0 Å². The van der Waals surface area contributed by atoms with Crippen molar-refractivity contribution in [2.75, 3.05) is 0 Å². The highest BCUT2D eigenvalue weighted by molar-refractivity contribution is 5.83. The molecular weight excluding hydrogens is 242 g/mol. The fourth-order valence-electron chi connectivity index (χ4n) is 2.45. The van der Waals surface area contributed by atoms with Gasteiger partial charge in [-0.2, -0.15) is 0 Å². The van der Waals surface area contributed by atoms with Crippen molar-refractivity contribution < 1.29 is 0 Å². The zero-order valence-corrected chi connectivity index (χ0v) is 12.5. The topological polar surface area (TPSA) is 12.9 Å². The molecule has 0 atom stereocenters. The molecule has 0 N–H and O–H groups in total. The normalized spacial score (nSPS) is 11.0. The minimum absolute atomic E-state index is 1.05. The van der Waals surface area contributed by atoms with Crippen LogP contribution in [0, 0.1) is 27.7 Å². The molecule has 0 spiro atoms. The van der Waals surface area contributed by atoms with Crippen molar-refractivity contribution in [3.8, 4) is 11.3 Å². The predicted octanol–water partition coefficient (Wildman–Crippen LogP) is 5.14. The average molecular weight is 261 g/mol. The second-order valence-corrected chi connectivity index (χ2v) is 5.62. The summed E-state index contributed by atoms with van der Waals surface area (Å²) in [7, 11) is 0. The molecule has 0 fully saturated rings. The molecule has 2 aromatic carbocycles. The molecule has 1 nitrogen and oxygen atoms in total. The number of fused-ring (bicyclic) bond motifs is 1. The summed E-state index contributed by atoms with van der Waals surface area (Å²) in [5.74, 6) is 0. The van der Waals surface area contributed by atoms with E-state index in [0.29, 0.717) is 0 Å². The summed E-state index contributed by atoms with van der Waals surface area (Å²) in [6, 6.07) is 15.2. The van der Waals surface area contributed by atoms with Gasteiger partial charge in [-0.05, 0) is 74.2 Å². The van der Waals surface area contributed by atoms with Gasteiger partial charge in [0.1, 0.15) is 0 Å². The molecule has 1 heterocycles. The number of benzene rings is 2. The van der Waals surface area contributed by atoms with E-state index in [4.69, 9.17) is 4.98 Å². The second kappa shape index (κ2) is 4.75. The Morgan fingerprint density at radius 3 is 2.10 bits per heavy atom. The van der Waals surface area contributed by atoms with Gasteiger partial charge in [-0.15, -0.1) is 0 Å². The smallest absolute Gasteiger partial charge is 0.0712 e. The minimum atomic E-state index is 1.05. The van der Waals surface area contributed by atoms with Gasteiger partial charge in [-0.1, -0.05) is 18.2 Å². The number of hydrogen-bond donors (Lipinski definition) is 0. The summed E-state index contributed by atoms with van der Waals surface area (Å²) in [6.07, 6.45) is 0. The standard InChI is InChI=1S/C19H19N/c1-12-5-6-16(9-13(12)2)18-8-7-17-10-14(3)15(4)11-19(17)20-18/h5-11H,1-4H3. The van der Waals surface area contributed by atoms with Crippen LogP contribution in [-0.4, -0.2) is 4.98 Å². The fraction of sp³-hybridized carbons (Fsp3) is 0.211. The van der Waals surface area contributed by atoms with Crippen LogP contribution in [0.25, 0.3) is 22.2 Å². The molecule has 0 amide bonds. The van der Waals surface area contributed by atoms with Gasteiger partial charge in [0.25, 0.3) is 0 Å². The Balaban J connectivity index is 2.17. The van der Waals surface area contributed by atoms with Crippen molar-refractivity contribution in [1.29, 1.82) is 0 Å². The van der Waals surface area contributed by atoms with E-state index in [1.165, 1.54) is 33.2 Å². The molecule has 3 aromatic rings. The van der Waals surface area contributed by atoms with E-state index < -0.39 is 0 Å². The Bertz CT molecular complexity index is 800. The first-order valence-corrected chi connectivity index (χ1v) is 7.00. The summed E-state index contributed by atoms with van der Waals surface area (Å²) in [5.41, 5.74) is 8.55. The summed E-state index contributed by atoms with van der Waals surface area (Å²) in [4.78, 5) is 4.82. The first-order chi connectivity index (χ1) is 9.54. The molecule has 0 aliphatic carbocycles. The first-order valence-electron chi connectivity index (χ1n) is 7.00. The van der Waals surface area contributed by atoms with Crippen LogP contribution in [0.15, 0.2) is 42.5 Å².